The number of nitrogens with zero attached hydrogens (tertiary/aromatic N) is 4. The monoisotopic (exact) mass is 560 g/mol. The van der Waals surface area contributed by atoms with Gasteiger partial charge in [0.2, 0.25) is 0 Å². The normalized spacial score (nSPS) is 18.6. The molecule has 1 saturated heterocycles. The van der Waals surface area contributed by atoms with Crippen molar-refractivity contribution in [2.75, 3.05) is 72.0 Å². The number of esters is 1. The van der Waals surface area contributed by atoms with Crippen LogP contribution in [0.2, 0.25) is 0 Å². The van der Waals surface area contributed by atoms with Crippen molar-refractivity contribution in [2.24, 2.45) is 10.8 Å². The van der Waals surface area contributed by atoms with Gasteiger partial charge in [-0.15, -0.1) is 0 Å². The lowest BCUT2D eigenvalue weighted by Crippen LogP contribution is -2.49. The van der Waals surface area contributed by atoms with E-state index >= 15 is 0 Å². The fourth-order valence-electron chi connectivity index (χ4n) is 5.12. The Kier molecular flexibility index (Phi) is 12.6. The van der Waals surface area contributed by atoms with Crippen molar-refractivity contribution in [3.8, 4) is 0 Å². The molecule has 40 heavy (non-hydrogen) atoms. The van der Waals surface area contributed by atoms with Gasteiger partial charge in [0, 0.05) is 72.0 Å². The van der Waals surface area contributed by atoms with Gasteiger partial charge in [-0.3, -0.25) is 14.6 Å². The number of benzene rings is 1. The summed E-state index contributed by atoms with van der Waals surface area (Å²) in [5.41, 5.74) is 1.28. The van der Waals surface area contributed by atoms with Crippen LogP contribution in [0.5, 0.6) is 0 Å². The van der Waals surface area contributed by atoms with Gasteiger partial charge in [0.1, 0.15) is 5.60 Å². The van der Waals surface area contributed by atoms with Gasteiger partial charge in [-0.25, -0.2) is 4.79 Å². The summed E-state index contributed by atoms with van der Waals surface area (Å²) in [5.74, 6) is -1.09. The Labute approximate surface area is 243 Å². The molecule has 0 saturated carbocycles. The Bertz CT molecular complexity index is 928. The smallest absolute Gasteiger partial charge is 0.335 e. The number of carboxylic acid groups (broad SMARTS) is 1. The van der Waals surface area contributed by atoms with Crippen molar-refractivity contribution in [3.05, 3.63) is 35.4 Å². The Hall–Kier alpha value is -2.00. The molecule has 0 spiro atoms. The SMILES string of the molecule is CC(C)(C)CN1CCN(CC(=O)OC(C)(C)C)CCN(Cc2ccc(C(=O)O)cc2)CCN(CC(C)(C)C)CC1. The Morgan fingerprint density at radius 1 is 0.675 bits per heavy atom. The molecule has 2 rings (SSSR count). The molecule has 1 heterocycles. The molecular weight excluding hydrogens is 504 g/mol. The van der Waals surface area contributed by atoms with Crippen LogP contribution in [-0.4, -0.2) is 114 Å². The quantitative estimate of drug-likeness (QED) is 0.487. The van der Waals surface area contributed by atoms with Crippen LogP contribution >= 0.6 is 0 Å². The number of hydrogen-bond acceptors (Lipinski definition) is 7. The zero-order valence-corrected chi connectivity index (χ0v) is 26.8. The van der Waals surface area contributed by atoms with E-state index in [1.54, 1.807) is 12.1 Å². The van der Waals surface area contributed by atoms with Crippen molar-refractivity contribution in [1.29, 1.82) is 0 Å². The predicted molar refractivity (Wildman–Crippen MR) is 163 cm³/mol. The summed E-state index contributed by atoms with van der Waals surface area (Å²) in [4.78, 5) is 33.9. The van der Waals surface area contributed by atoms with Gasteiger partial charge >= 0.3 is 11.9 Å². The molecule has 228 valence electrons. The summed E-state index contributed by atoms with van der Waals surface area (Å²) < 4.78 is 5.67. The van der Waals surface area contributed by atoms with Crippen LogP contribution in [0.25, 0.3) is 0 Å². The summed E-state index contributed by atoms with van der Waals surface area (Å²) in [7, 11) is 0. The first-order valence-corrected chi connectivity index (χ1v) is 14.8. The molecule has 0 unspecified atom stereocenters. The van der Waals surface area contributed by atoms with Gasteiger partial charge < -0.3 is 19.6 Å². The standard InChI is InChI=1S/C32H56N4O4/c1-30(2,3)24-35-18-16-33(22-26-10-12-27(13-11-26)29(38)39)14-15-34(23-28(37)40-32(7,8)9)17-19-36(21-20-35)25-31(4,5)6/h10-13H,14-25H2,1-9H3,(H,38,39). The highest BCUT2D eigenvalue weighted by atomic mass is 16.6. The topological polar surface area (TPSA) is 76.6 Å². The molecule has 1 fully saturated rings. The third kappa shape index (κ3) is 14.6. The molecule has 8 nitrogen and oxygen atoms in total. The highest BCUT2D eigenvalue weighted by Gasteiger charge is 2.24. The van der Waals surface area contributed by atoms with Gasteiger partial charge in [-0.2, -0.15) is 0 Å². The van der Waals surface area contributed by atoms with Gasteiger partial charge in [-0.05, 0) is 49.3 Å². The average molecular weight is 561 g/mol. The lowest BCUT2D eigenvalue weighted by Gasteiger charge is -2.38. The molecule has 0 amide bonds. The van der Waals surface area contributed by atoms with Crippen LogP contribution in [0.4, 0.5) is 0 Å². The Morgan fingerprint density at radius 2 is 1.07 bits per heavy atom. The summed E-state index contributed by atoms with van der Waals surface area (Å²) in [5, 5.41) is 9.28. The highest BCUT2D eigenvalue weighted by Crippen LogP contribution is 2.18. The van der Waals surface area contributed by atoms with Gasteiger partial charge in [-0.1, -0.05) is 53.7 Å². The molecule has 0 aliphatic carbocycles. The van der Waals surface area contributed by atoms with Gasteiger partial charge in [0.25, 0.3) is 0 Å². The first-order valence-electron chi connectivity index (χ1n) is 14.8. The number of carboxylic acids is 1. The van der Waals surface area contributed by atoms with Crippen molar-refractivity contribution in [2.45, 2.75) is 74.5 Å². The zero-order chi connectivity index (χ0) is 30.1. The Balaban J connectivity index is 2.26. The summed E-state index contributed by atoms with van der Waals surface area (Å²) in [6.07, 6.45) is 0. The van der Waals surface area contributed by atoms with E-state index in [0.717, 1.165) is 77.6 Å². The molecule has 0 atom stereocenters. The second kappa shape index (κ2) is 14.8. The van der Waals surface area contributed by atoms with Crippen LogP contribution in [0, 0.1) is 10.8 Å². The van der Waals surface area contributed by atoms with E-state index in [0.29, 0.717) is 5.56 Å². The van der Waals surface area contributed by atoms with Gasteiger partial charge in [0.05, 0.1) is 12.1 Å². The minimum Gasteiger partial charge on any atom is -0.478 e. The minimum absolute atomic E-state index is 0.186. The van der Waals surface area contributed by atoms with Crippen LogP contribution in [0.1, 0.15) is 78.2 Å². The van der Waals surface area contributed by atoms with E-state index in [1.165, 1.54) is 0 Å². The third-order valence-corrected chi connectivity index (χ3v) is 6.71. The maximum atomic E-state index is 12.8. The van der Waals surface area contributed by atoms with Crippen LogP contribution in [0.3, 0.4) is 0 Å². The van der Waals surface area contributed by atoms with Crippen molar-refractivity contribution >= 4 is 11.9 Å². The van der Waals surface area contributed by atoms with Crippen LogP contribution in [0.15, 0.2) is 24.3 Å². The van der Waals surface area contributed by atoms with Crippen molar-refractivity contribution < 1.29 is 19.4 Å². The minimum atomic E-state index is -0.908. The largest absolute Gasteiger partial charge is 0.478 e. The van der Waals surface area contributed by atoms with E-state index in [1.807, 2.05) is 32.9 Å². The van der Waals surface area contributed by atoms with Crippen molar-refractivity contribution in [3.63, 3.8) is 0 Å². The molecule has 0 aromatic heterocycles. The van der Waals surface area contributed by atoms with E-state index < -0.39 is 11.6 Å². The number of rotatable bonds is 7. The Morgan fingerprint density at radius 3 is 1.45 bits per heavy atom. The molecule has 1 aliphatic rings. The van der Waals surface area contributed by atoms with Gasteiger partial charge in [0.15, 0.2) is 0 Å². The third-order valence-electron chi connectivity index (χ3n) is 6.71. The molecule has 8 heteroatoms. The first-order chi connectivity index (χ1) is 18.4. The number of carbonyl (C=O) groups excluding carboxylic acids is 1. The summed E-state index contributed by atoms with van der Waals surface area (Å²) in [6, 6.07) is 7.18. The van der Waals surface area contributed by atoms with E-state index in [4.69, 9.17) is 4.74 Å². The fraction of sp³-hybridized carbons (Fsp3) is 0.750. The second-order valence-electron chi connectivity index (χ2n) is 14.8. The van der Waals surface area contributed by atoms with E-state index in [9.17, 15) is 14.7 Å². The highest BCUT2D eigenvalue weighted by molar-refractivity contribution is 5.87. The fourth-order valence-corrected chi connectivity index (χ4v) is 5.12. The molecular formula is C32H56N4O4. The lowest BCUT2D eigenvalue weighted by atomic mass is 9.95. The maximum Gasteiger partial charge on any atom is 0.335 e. The molecule has 0 radical (unpaired) electrons. The average Bonchev–Trinajstić information content (AvgIpc) is 2.78. The number of ether oxygens (including phenoxy) is 1. The molecule has 1 aromatic rings. The van der Waals surface area contributed by atoms with Crippen LogP contribution < -0.4 is 0 Å². The predicted octanol–water partition coefficient (Wildman–Crippen LogP) is 4.54. The van der Waals surface area contributed by atoms with E-state index in [2.05, 4.69) is 61.1 Å². The van der Waals surface area contributed by atoms with Crippen LogP contribution in [-0.2, 0) is 16.1 Å². The van der Waals surface area contributed by atoms with E-state index in [-0.39, 0.29) is 23.3 Å². The van der Waals surface area contributed by atoms with Crippen molar-refractivity contribution in [1.82, 2.24) is 19.6 Å². The maximum absolute atomic E-state index is 12.8. The first kappa shape index (κ1) is 34.2. The molecule has 0 bridgehead atoms. The lowest BCUT2D eigenvalue weighted by molar-refractivity contribution is -0.156. The molecule has 1 N–H and O–H groups in total. The second-order valence-corrected chi connectivity index (χ2v) is 14.8. The summed E-state index contributed by atoms with van der Waals surface area (Å²) in [6.45, 7) is 29.7. The zero-order valence-electron chi connectivity index (χ0n) is 26.8. The molecule has 1 aliphatic heterocycles. The number of carbonyl (C=O) groups is 2. The number of hydrogen-bond donors (Lipinski definition) is 1. The molecule has 1 aromatic carbocycles. The summed E-state index contributed by atoms with van der Waals surface area (Å²) >= 11 is 0. The number of aromatic carboxylic acids is 1.